The number of nitrogens with two attached hydrogens (primary N) is 1. The quantitative estimate of drug-likeness (QED) is 0.755. The first kappa shape index (κ1) is 21.8. The van der Waals surface area contributed by atoms with Gasteiger partial charge in [-0.2, -0.15) is 5.26 Å². The van der Waals surface area contributed by atoms with Gasteiger partial charge >= 0.3 is 0 Å². The molecular weight excluding hydrogens is 400 g/mol. The summed E-state index contributed by atoms with van der Waals surface area (Å²) in [6.07, 6.45) is 3.38. The number of benzene rings is 2. The molecule has 2 aromatic carbocycles. The van der Waals surface area contributed by atoms with Gasteiger partial charge in [-0.05, 0) is 73.7 Å². The molecule has 0 heterocycles. The van der Waals surface area contributed by atoms with Crippen LogP contribution in [0, 0.1) is 11.3 Å². The van der Waals surface area contributed by atoms with Crippen molar-refractivity contribution in [3.63, 3.8) is 0 Å². The van der Waals surface area contributed by atoms with E-state index in [4.69, 9.17) is 22.6 Å². The van der Waals surface area contributed by atoms with E-state index < -0.39 is 0 Å². The Labute approximate surface area is 181 Å². The number of halogens is 1. The molecule has 0 radical (unpaired) electrons. The highest BCUT2D eigenvalue weighted by molar-refractivity contribution is 6.31. The lowest BCUT2D eigenvalue weighted by molar-refractivity contribution is -0.114. The predicted octanol–water partition coefficient (Wildman–Crippen LogP) is 4.08. The Morgan fingerprint density at radius 1 is 1.17 bits per heavy atom. The highest BCUT2D eigenvalue weighted by Gasteiger charge is 2.29. The van der Waals surface area contributed by atoms with E-state index in [-0.39, 0.29) is 23.9 Å². The minimum absolute atomic E-state index is 0.0495. The Balaban J connectivity index is 1.90. The van der Waals surface area contributed by atoms with Crippen molar-refractivity contribution in [2.75, 3.05) is 5.32 Å². The van der Waals surface area contributed by atoms with E-state index in [0.29, 0.717) is 28.4 Å². The van der Waals surface area contributed by atoms with Crippen LogP contribution in [-0.4, -0.2) is 28.8 Å². The van der Waals surface area contributed by atoms with Crippen LogP contribution in [0.1, 0.15) is 54.1 Å². The molecule has 30 heavy (non-hydrogen) atoms. The van der Waals surface area contributed by atoms with Crippen LogP contribution in [0.15, 0.2) is 42.5 Å². The van der Waals surface area contributed by atoms with Gasteiger partial charge in [0.25, 0.3) is 5.91 Å². The third-order valence-electron chi connectivity index (χ3n) is 5.41. The summed E-state index contributed by atoms with van der Waals surface area (Å²) in [4.78, 5) is 26.7. The first-order valence-electron chi connectivity index (χ1n) is 10.00. The zero-order valence-electron chi connectivity index (χ0n) is 16.9. The molecule has 1 aliphatic carbocycles. The lowest BCUT2D eigenvalue weighted by atomic mass is 9.90. The van der Waals surface area contributed by atoms with E-state index >= 15 is 0 Å². The summed E-state index contributed by atoms with van der Waals surface area (Å²) in [7, 11) is 0. The first-order valence-corrected chi connectivity index (χ1v) is 10.4. The van der Waals surface area contributed by atoms with Crippen molar-refractivity contribution in [1.82, 2.24) is 4.90 Å². The second-order valence-corrected chi connectivity index (χ2v) is 8.09. The molecule has 6 nitrogen and oxygen atoms in total. The van der Waals surface area contributed by atoms with Crippen LogP contribution >= 0.6 is 11.6 Å². The molecule has 3 N–H and O–H groups in total. The summed E-state index contributed by atoms with van der Waals surface area (Å²) in [5.74, 6) is -0.281. The van der Waals surface area contributed by atoms with Crippen LogP contribution in [0.4, 0.5) is 5.69 Å². The third-order valence-corrected chi connectivity index (χ3v) is 5.78. The van der Waals surface area contributed by atoms with Crippen LogP contribution in [0.3, 0.4) is 0 Å². The Morgan fingerprint density at radius 2 is 1.83 bits per heavy atom. The Kier molecular flexibility index (Phi) is 7.09. The number of nitrogens with zero attached hydrogens (tertiary/aromatic N) is 2. The second-order valence-electron chi connectivity index (χ2n) is 7.68. The van der Waals surface area contributed by atoms with E-state index in [1.54, 1.807) is 42.5 Å². The van der Waals surface area contributed by atoms with Gasteiger partial charge in [-0.25, -0.2) is 0 Å². The number of carbonyl (C=O) groups is 2. The van der Waals surface area contributed by atoms with Gasteiger partial charge in [-0.3, -0.25) is 9.59 Å². The van der Waals surface area contributed by atoms with Crippen LogP contribution in [0.2, 0.25) is 5.02 Å². The molecule has 0 aromatic heterocycles. The van der Waals surface area contributed by atoms with Crippen LogP contribution in [0.25, 0.3) is 0 Å². The number of anilines is 1. The van der Waals surface area contributed by atoms with E-state index in [9.17, 15) is 9.59 Å². The van der Waals surface area contributed by atoms with Gasteiger partial charge in [0.15, 0.2) is 0 Å². The van der Waals surface area contributed by atoms with Crippen molar-refractivity contribution in [3.8, 4) is 6.07 Å². The molecule has 156 valence electrons. The molecule has 0 spiro atoms. The fourth-order valence-electron chi connectivity index (χ4n) is 3.79. The Bertz CT molecular complexity index is 960. The number of nitrogens with one attached hydrogen (secondary N) is 1. The van der Waals surface area contributed by atoms with Crippen molar-refractivity contribution in [1.29, 1.82) is 5.26 Å². The minimum atomic E-state index is -0.171. The second kappa shape index (κ2) is 9.75. The smallest absolute Gasteiger partial charge is 0.254 e. The fraction of sp³-hybridized carbons (Fsp3) is 0.348. The van der Waals surface area contributed by atoms with Crippen molar-refractivity contribution in [2.24, 2.45) is 5.73 Å². The molecule has 0 unspecified atom stereocenters. The Morgan fingerprint density at radius 3 is 2.43 bits per heavy atom. The zero-order valence-corrected chi connectivity index (χ0v) is 17.7. The largest absolute Gasteiger partial charge is 0.331 e. The highest BCUT2D eigenvalue weighted by atomic mass is 35.5. The van der Waals surface area contributed by atoms with Crippen molar-refractivity contribution in [3.05, 3.63) is 64.2 Å². The average Bonchev–Trinajstić information content (AvgIpc) is 2.74. The van der Waals surface area contributed by atoms with E-state index in [2.05, 4.69) is 11.4 Å². The monoisotopic (exact) mass is 424 g/mol. The standard InChI is InChI=1S/C23H25ClN4O2/c1-15(29)27-20-8-11-22(24)18(12-20)14-28(21-9-6-19(26)7-10-21)23(30)17-4-2-16(13-25)3-5-17/h2-5,8,11-12,19,21H,6-7,9-10,14,26H2,1H3,(H,27,29). The summed E-state index contributed by atoms with van der Waals surface area (Å²) in [5.41, 5.74) is 8.50. The topological polar surface area (TPSA) is 99.2 Å². The molecule has 1 fully saturated rings. The third kappa shape index (κ3) is 5.38. The van der Waals surface area contributed by atoms with Crippen molar-refractivity contribution in [2.45, 2.75) is 51.2 Å². The molecule has 2 amide bonds. The van der Waals surface area contributed by atoms with Crippen LogP contribution in [-0.2, 0) is 11.3 Å². The average molecular weight is 425 g/mol. The van der Waals surface area contributed by atoms with Gasteiger partial charge in [0, 0.05) is 41.8 Å². The summed E-state index contributed by atoms with van der Waals surface area (Å²) in [5, 5.41) is 12.3. The normalized spacial score (nSPS) is 18.3. The van der Waals surface area contributed by atoms with Crippen molar-refractivity contribution >= 4 is 29.1 Å². The molecule has 0 bridgehead atoms. The highest BCUT2D eigenvalue weighted by Crippen LogP contribution is 2.28. The summed E-state index contributed by atoms with van der Waals surface area (Å²) < 4.78 is 0. The number of hydrogen-bond donors (Lipinski definition) is 2. The summed E-state index contributed by atoms with van der Waals surface area (Å²) >= 11 is 6.42. The molecule has 0 aliphatic heterocycles. The molecule has 1 aliphatic rings. The molecule has 3 rings (SSSR count). The van der Waals surface area contributed by atoms with Gasteiger partial charge in [0.1, 0.15) is 0 Å². The summed E-state index contributed by atoms with van der Waals surface area (Å²) in [6.45, 7) is 1.77. The molecule has 7 heteroatoms. The molecule has 0 saturated heterocycles. The molecule has 1 saturated carbocycles. The number of hydrogen-bond acceptors (Lipinski definition) is 4. The van der Waals surface area contributed by atoms with Crippen LogP contribution in [0.5, 0.6) is 0 Å². The number of amides is 2. The van der Waals surface area contributed by atoms with Gasteiger partial charge < -0.3 is 16.0 Å². The SMILES string of the molecule is CC(=O)Nc1ccc(Cl)c(CN(C(=O)c2ccc(C#N)cc2)C2CCC(N)CC2)c1. The molecular formula is C23H25ClN4O2. The molecule has 0 atom stereocenters. The zero-order chi connectivity index (χ0) is 21.7. The predicted molar refractivity (Wildman–Crippen MR) is 117 cm³/mol. The van der Waals surface area contributed by atoms with E-state index in [1.165, 1.54) is 6.92 Å². The van der Waals surface area contributed by atoms with Gasteiger partial charge in [-0.15, -0.1) is 0 Å². The van der Waals surface area contributed by atoms with E-state index in [0.717, 1.165) is 31.2 Å². The minimum Gasteiger partial charge on any atom is -0.331 e. The van der Waals surface area contributed by atoms with Crippen molar-refractivity contribution < 1.29 is 9.59 Å². The van der Waals surface area contributed by atoms with Crippen LogP contribution < -0.4 is 11.1 Å². The van der Waals surface area contributed by atoms with Gasteiger partial charge in [-0.1, -0.05) is 11.6 Å². The van der Waals surface area contributed by atoms with Gasteiger partial charge in [0.05, 0.1) is 11.6 Å². The first-order chi connectivity index (χ1) is 14.4. The van der Waals surface area contributed by atoms with Gasteiger partial charge in [0.2, 0.25) is 5.91 Å². The number of rotatable bonds is 5. The molecule has 2 aromatic rings. The van der Waals surface area contributed by atoms with E-state index in [1.807, 2.05) is 4.90 Å². The Hall–Kier alpha value is -2.88. The maximum Gasteiger partial charge on any atom is 0.254 e. The number of nitriles is 1. The maximum absolute atomic E-state index is 13.4. The lowest BCUT2D eigenvalue weighted by Gasteiger charge is -2.36. The fourth-order valence-corrected chi connectivity index (χ4v) is 3.97. The number of carbonyl (C=O) groups excluding carboxylic acids is 2. The summed E-state index contributed by atoms with van der Waals surface area (Å²) in [6, 6.07) is 14.2. The maximum atomic E-state index is 13.4. The lowest BCUT2D eigenvalue weighted by Crippen LogP contribution is -2.43.